The van der Waals surface area contributed by atoms with Gasteiger partial charge in [0.2, 0.25) is 0 Å². The van der Waals surface area contributed by atoms with Crippen LogP contribution in [0.5, 0.6) is 0 Å². The third kappa shape index (κ3) is 19.4. The fourth-order valence-corrected chi connectivity index (χ4v) is 2.64. The number of unbranched alkanes of at least 4 members (excludes halogenated alkanes) is 14. The van der Waals surface area contributed by atoms with E-state index in [4.69, 9.17) is 0 Å². The van der Waals surface area contributed by atoms with Gasteiger partial charge in [-0.1, -0.05) is 89.7 Å². The molecule has 0 saturated heterocycles. The predicted molar refractivity (Wildman–Crippen MR) is 94.8 cm³/mol. The molecule has 0 aromatic heterocycles. The van der Waals surface area contributed by atoms with Gasteiger partial charge in [0.05, 0.1) is 0 Å². The third-order valence-corrected chi connectivity index (χ3v) is 4.08. The fraction of sp³-hybridized carbons (Fsp3) is 0.850. The molecule has 0 fully saturated rings. The molecular weight excluding hydrogens is 256 g/mol. The van der Waals surface area contributed by atoms with Gasteiger partial charge in [0, 0.05) is 6.42 Å². The highest BCUT2D eigenvalue weighted by molar-refractivity contribution is 5.48. The minimum absolute atomic E-state index is 0.758. The van der Waals surface area contributed by atoms with Gasteiger partial charge in [-0.05, 0) is 25.7 Å². The average Bonchev–Trinajstić information content (AvgIpc) is 2.50. The van der Waals surface area contributed by atoms with Gasteiger partial charge in [0.1, 0.15) is 6.29 Å². The van der Waals surface area contributed by atoms with Crippen LogP contribution in [0.4, 0.5) is 0 Å². The molecule has 1 heteroatoms. The van der Waals surface area contributed by atoms with Crippen molar-refractivity contribution in [2.45, 2.75) is 110 Å². The summed E-state index contributed by atoms with van der Waals surface area (Å²) in [7, 11) is 0. The topological polar surface area (TPSA) is 17.1 Å². The van der Waals surface area contributed by atoms with Crippen molar-refractivity contribution in [2.24, 2.45) is 0 Å². The van der Waals surface area contributed by atoms with Gasteiger partial charge in [-0.2, -0.15) is 0 Å². The Bertz CT molecular complexity index is 220. The minimum atomic E-state index is 0.758. The zero-order valence-electron chi connectivity index (χ0n) is 14.5. The summed E-state index contributed by atoms with van der Waals surface area (Å²) in [5.41, 5.74) is 0. The SMILES string of the molecule is CCCC/C=C\CCCCCCCCCCCCCC=O. The maximum absolute atomic E-state index is 10.2. The summed E-state index contributed by atoms with van der Waals surface area (Å²) < 4.78 is 0. The quantitative estimate of drug-likeness (QED) is 0.160. The van der Waals surface area contributed by atoms with Gasteiger partial charge in [-0.15, -0.1) is 0 Å². The van der Waals surface area contributed by atoms with Gasteiger partial charge in [0.25, 0.3) is 0 Å². The van der Waals surface area contributed by atoms with E-state index in [9.17, 15) is 4.79 Å². The molecule has 0 aliphatic rings. The lowest BCUT2D eigenvalue weighted by Crippen LogP contribution is -1.83. The summed E-state index contributed by atoms with van der Waals surface area (Å²) in [5, 5.41) is 0. The largest absolute Gasteiger partial charge is 0.303 e. The van der Waals surface area contributed by atoms with Crippen molar-refractivity contribution in [3.8, 4) is 0 Å². The minimum Gasteiger partial charge on any atom is -0.303 e. The molecule has 0 N–H and O–H groups in total. The monoisotopic (exact) mass is 294 g/mol. The number of carbonyl (C=O) groups is 1. The van der Waals surface area contributed by atoms with E-state index < -0.39 is 0 Å². The predicted octanol–water partition coefficient (Wildman–Crippen LogP) is 7.00. The van der Waals surface area contributed by atoms with Crippen molar-refractivity contribution in [2.75, 3.05) is 0 Å². The molecule has 0 aromatic carbocycles. The van der Waals surface area contributed by atoms with E-state index in [1.165, 1.54) is 89.9 Å². The molecule has 0 spiro atoms. The molecule has 124 valence electrons. The lowest BCUT2D eigenvalue weighted by molar-refractivity contribution is -0.107. The number of aldehydes is 1. The number of hydrogen-bond acceptors (Lipinski definition) is 1. The third-order valence-electron chi connectivity index (χ3n) is 4.08. The Morgan fingerprint density at radius 1 is 0.524 bits per heavy atom. The van der Waals surface area contributed by atoms with Crippen molar-refractivity contribution in [3.63, 3.8) is 0 Å². The smallest absolute Gasteiger partial charge is 0.119 e. The Hall–Kier alpha value is -0.590. The first kappa shape index (κ1) is 20.4. The van der Waals surface area contributed by atoms with E-state index in [0.29, 0.717) is 0 Å². The van der Waals surface area contributed by atoms with Gasteiger partial charge in [-0.25, -0.2) is 0 Å². The van der Waals surface area contributed by atoms with Crippen LogP contribution in [0.15, 0.2) is 12.2 Å². The molecule has 0 aliphatic heterocycles. The number of rotatable bonds is 17. The Labute approximate surface area is 133 Å². The molecule has 0 bridgehead atoms. The normalized spacial score (nSPS) is 11.3. The Morgan fingerprint density at radius 3 is 1.33 bits per heavy atom. The summed E-state index contributed by atoms with van der Waals surface area (Å²) in [6.07, 6.45) is 26.6. The highest BCUT2D eigenvalue weighted by atomic mass is 16.1. The standard InChI is InChI=1S/C20H38O/c1-2-3-4-5-6-7-8-9-10-11-12-13-14-15-16-17-18-19-20-21/h5-6,20H,2-4,7-19H2,1H3/b6-5-. The van der Waals surface area contributed by atoms with E-state index in [1.807, 2.05) is 0 Å². The molecule has 0 saturated carbocycles. The molecule has 0 amide bonds. The van der Waals surface area contributed by atoms with Crippen molar-refractivity contribution < 1.29 is 4.79 Å². The van der Waals surface area contributed by atoms with E-state index in [0.717, 1.165) is 19.1 Å². The summed E-state index contributed by atoms with van der Waals surface area (Å²) >= 11 is 0. The number of allylic oxidation sites excluding steroid dienone is 2. The van der Waals surface area contributed by atoms with Crippen molar-refractivity contribution in [3.05, 3.63) is 12.2 Å². The highest BCUT2D eigenvalue weighted by Crippen LogP contribution is 2.12. The maximum atomic E-state index is 10.2. The van der Waals surface area contributed by atoms with Crippen LogP contribution in [-0.2, 0) is 4.79 Å². The van der Waals surface area contributed by atoms with Crippen LogP contribution in [0, 0.1) is 0 Å². The Kier molecular flexibility index (Phi) is 18.9. The second-order valence-corrected chi connectivity index (χ2v) is 6.25. The summed E-state index contributed by atoms with van der Waals surface area (Å²) in [6.45, 7) is 2.25. The zero-order chi connectivity index (χ0) is 15.4. The molecule has 0 aromatic rings. The zero-order valence-corrected chi connectivity index (χ0v) is 14.5. The molecule has 0 radical (unpaired) electrons. The fourth-order valence-electron chi connectivity index (χ4n) is 2.64. The van der Waals surface area contributed by atoms with Crippen LogP contribution in [0.2, 0.25) is 0 Å². The van der Waals surface area contributed by atoms with Gasteiger partial charge >= 0.3 is 0 Å². The first-order chi connectivity index (χ1) is 10.4. The summed E-state index contributed by atoms with van der Waals surface area (Å²) in [5.74, 6) is 0. The van der Waals surface area contributed by atoms with Crippen molar-refractivity contribution >= 4 is 6.29 Å². The highest BCUT2D eigenvalue weighted by Gasteiger charge is 1.93. The summed E-state index contributed by atoms with van der Waals surface area (Å²) in [4.78, 5) is 10.2. The first-order valence-corrected chi connectivity index (χ1v) is 9.50. The van der Waals surface area contributed by atoms with Crippen LogP contribution < -0.4 is 0 Å². The first-order valence-electron chi connectivity index (χ1n) is 9.50. The average molecular weight is 295 g/mol. The number of carbonyl (C=O) groups excluding carboxylic acids is 1. The second-order valence-electron chi connectivity index (χ2n) is 6.25. The molecular formula is C20H38O. The molecule has 21 heavy (non-hydrogen) atoms. The van der Waals surface area contributed by atoms with E-state index >= 15 is 0 Å². The van der Waals surface area contributed by atoms with Crippen LogP contribution in [0.3, 0.4) is 0 Å². The van der Waals surface area contributed by atoms with Crippen LogP contribution >= 0.6 is 0 Å². The van der Waals surface area contributed by atoms with Gasteiger partial charge in [0.15, 0.2) is 0 Å². The van der Waals surface area contributed by atoms with E-state index in [2.05, 4.69) is 19.1 Å². The lowest BCUT2D eigenvalue weighted by Gasteiger charge is -2.02. The van der Waals surface area contributed by atoms with Gasteiger partial charge < -0.3 is 4.79 Å². The Balaban J connectivity index is 2.99. The maximum Gasteiger partial charge on any atom is 0.119 e. The van der Waals surface area contributed by atoms with Crippen molar-refractivity contribution in [1.82, 2.24) is 0 Å². The molecule has 0 atom stereocenters. The molecule has 0 aliphatic carbocycles. The Morgan fingerprint density at radius 2 is 0.905 bits per heavy atom. The van der Waals surface area contributed by atoms with Crippen LogP contribution in [-0.4, -0.2) is 6.29 Å². The number of hydrogen-bond donors (Lipinski definition) is 0. The second kappa shape index (κ2) is 19.4. The van der Waals surface area contributed by atoms with Gasteiger partial charge in [-0.3, -0.25) is 0 Å². The van der Waals surface area contributed by atoms with Crippen LogP contribution in [0.25, 0.3) is 0 Å². The van der Waals surface area contributed by atoms with E-state index in [1.54, 1.807) is 0 Å². The molecule has 1 nitrogen and oxygen atoms in total. The molecule has 0 unspecified atom stereocenters. The van der Waals surface area contributed by atoms with Crippen molar-refractivity contribution in [1.29, 1.82) is 0 Å². The van der Waals surface area contributed by atoms with E-state index in [-0.39, 0.29) is 0 Å². The molecule has 0 heterocycles. The lowest BCUT2D eigenvalue weighted by atomic mass is 10.0. The van der Waals surface area contributed by atoms with Crippen LogP contribution in [0.1, 0.15) is 110 Å². The summed E-state index contributed by atoms with van der Waals surface area (Å²) in [6, 6.07) is 0. The molecule has 0 rings (SSSR count).